The van der Waals surface area contributed by atoms with E-state index in [0.29, 0.717) is 12.8 Å². The Morgan fingerprint density at radius 2 is 1.75 bits per heavy atom. The Labute approximate surface area is 145 Å². The zero-order valence-corrected chi connectivity index (χ0v) is 15.6. The molecule has 2 N–H and O–H groups in total. The fourth-order valence-electron chi connectivity index (χ4n) is 6.04. The highest BCUT2D eigenvalue weighted by molar-refractivity contribution is 5.90. The molecule has 0 aromatic heterocycles. The van der Waals surface area contributed by atoms with Crippen LogP contribution in [-0.4, -0.2) is 39.4 Å². The number of ketones is 1. The number of aliphatic hydroxyl groups excluding tert-OH is 2. The van der Waals surface area contributed by atoms with Crippen LogP contribution in [0.2, 0.25) is 0 Å². The average molecular weight is 336 g/mol. The van der Waals surface area contributed by atoms with Crippen molar-refractivity contribution in [1.82, 2.24) is 0 Å². The summed E-state index contributed by atoms with van der Waals surface area (Å²) in [7, 11) is 0. The van der Waals surface area contributed by atoms with E-state index < -0.39 is 17.3 Å². The van der Waals surface area contributed by atoms with Gasteiger partial charge in [-0.05, 0) is 49.9 Å². The molecule has 4 heteroatoms. The molecule has 0 aromatic rings. The van der Waals surface area contributed by atoms with Crippen molar-refractivity contribution in [3.8, 4) is 0 Å². The zero-order valence-electron chi connectivity index (χ0n) is 15.6. The number of hydrogen-bond acceptors (Lipinski definition) is 4. The molecule has 2 saturated carbocycles. The molecule has 3 fully saturated rings. The standard InChI is InChI=1S/C20H32O4/c1-7-19(5)15(22)11-13-18(4)9-8-14(21)17(2,3)12(18)10-16(23)20(13,6)24-19/h7,12-14,16,21,23H,1,8-11H2,2-6H3/t12?,13?,14-,16-,18-,19+,20-/m1/s1. The molecular formula is C20H32O4. The lowest BCUT2D eigenvalue weighted by molar-refractivity contribution is -0.285. The summed E-state index contributed by atoms with van der Waals surface area (Å²) < 4.78 is 6.27. The molecule has 7 atom stereocenters. The van der Waals surface area contributed by atoms with Crippen molar-refractivity contribution in [2.45, 2.75) is 83.7 Å². The van der Waals surface area contributed by atoms with Crippen LogP contribution in [0.1, 0.15) is 60.3 Å². The average Bonchev–Trinajstić information content (AvgIpc) is 2.50. The maximum absolute atomic E-state index is 12.8. The first kappa shape index (κ1) is 18.1. The molecule has 1 aliphatic heterocycles. The van der Waals surface area contributed by atoms with Crippen LogP contribution >= 0.6 is 0 Å². The molecule has 1 saturated heterocycles. The normalized spacial score (nSPS) is 53.9. The van der Waals surface area contributed by atoms with E-state index in [9.17, 15) is 15.0 Å². The molecule has 0 amide bonds. The number of aliphatic hydroxyl groups is 2. The summed E-state index contributed by atoms with van der Waals surface area (Å²) in [5.74, 6) is 0.148. The minimum absolute atomic E-state index is 0.0398. The fourth-order valence-corrected chi connectivity index (χ4v) is 6.04. The second kappa shape index (κ2) is 5.15. The zero-order chi connectivity index (χ0) is 18.1. The highest BCUT2D eigenvalue weighted by Gasteiger charge is 2.67. The molecular weight excluding hydrogens is 304 g/mol. The Morgan fingerprint density at radius 1 is 1.12 bits per heavy atom. The van der Waals surface area contributed by atoms with Crippen LogP contribution < -0.4 is 0 Å². The third-order valence-electron chi connectivity index (χ3n) is 7.88. The molecule has 0 radical (unpaired) electrons. The highest BCUT2D eigenvalue weighted by atomic mass is 16.5. The summed E-state index contributed by atoms with van der Waals surface area (Å²) >= 11 is 0. The number of rotatable bonds is 1. The van der Waals surface area contributed by atoms with Gasteiger partial charge in [0, 0.05) is 12.3 Å². The number of Topliss-reactive ketones (excluding diaryl/α,β-unsaturated/α-hetero) is 1. The summed E-state index contributed by atoms with van der Waals surface area (Å²) in [6.45, 7) is 13.9. The molecule has 3 rings (SSSR count). The number of carbonyl (C=O) groups is 1. The number of ether oxygens (including phenoxy) is 1. The Morgan fingerprint density at radius 3 is 2.33 bits per heavy atom. The highest BCUT2D eigenvalue weighted by Crippen LogP contribution is 2.65. The monoisotopic (exact) mass is 336 g/mol. The topological polar surface area (TPSA) is 66.8 Å². The maximum Gasteiger partial charge on any atom is 0.168 e. The SMILES string of the molecule is C=C[C@]1(C)O[C@]2(C)C(CC1=O)[C@]1(C)CC[C@@H](O)C(C)(C)C1C[C@H]2O. The van der Waals surface area contributed by atoms with E-state index in [1.165, 1.54) is 0 Å². The third kappa shape index (κ3) is 2.12. The van der Waals surface area contributed by atoms with Gasteiger partial charge in [0.15, 0.2) is 5.78 Å². The van der Waals surface area contributed by atoms with Crippen LogP contribution in [0.3, 0.4) is 0 Å². The molecule has 0 aromatic carbocycles. The molecule has 136 valence electrons. The number of fused-ring (bicyclic) bond motifs is 3. The molecule has 2 aliphatic carbocycles. The first-order valence-electron chi connectivity index (χ1n) is 9.15. The maximum atomic E-state index is 12.8. The third-order valence-corrected chi connectivity index (χ3v) is 7.88. The van der Waals surface area contributed by atoms with Crippen molar-refractivity contribution in [1.29, 1.82) is 0 Å². The summed E-state index contributed by atoms with van der Waals surface area (Å²) in [6.07, 6.45) is 3.12. The minimum Gasteiger partial charge on any atom is -0.393 e. The minimum atomic E-state index is -1.03. The van der Waals surface area contributed by atoms with Crippen LogP contribution in [0, 0.1) is 22.7 Å². The second-order valence-corrected chi connectivity index (χ2v) is 9.46. The number of hydrogen-bond donors (Lipinski definition) is 2. The van der Waals surface area contributed by atoms with Crippen LogP contribution in [-0.2, 0) is 9.53 Å². The van der Waals surface area contributed by atoms with E-state index in [0.717, 1.165) is 12.8 Å². The van der Waals surface area contributed by atoms with Gasteiger partial charge in [0.2, 0.25) is 0 Å². The van der Waals surface area contributed by atoms with Gasteiger partial charge >= 0.3 is 0 Å². The summed E-state index contributed by atoms with van der Waals surface area (Å²) in [5.41, 5.74) is -2.20. The van der Waals surface area contributed by atoms with E-state index in [1.807, 2.05) is 6.92 Å². The number of carbonyl (C=O) groups excluding carboxylic acids is 1. The van der Waals surface area contributed by atoms with Gasteiger partial charge in [-0.25, -0.2) is 0 Å². The quantitative estimate of drug-likeness (QED) is 0.723. The van der Waals surface area contributed by atoms with E-state index in [4.69, 9.17) is 4.74 Å². The van der Waals surface area contributed by atoms with Gasteiger partial charge in [-0.1, -0.05) is 33.4 Å². The fraction of sp³-hybridized carbons (Fsp3) is 0.850. The lowest BCUT2D eigenvalue weighted by atomic mass is 9.43. The molecule has 0 bridgehead atoms. The smallest absolute Gasteiger partial charge is 0.168 e. The Balaban J connectivity index is 2.07. The van der Waals surface area contributed by atoms with Gasteiger partial charge in [0.05, 0.1) is 17.8 Å². The van der Waals surface area contributed by atoms with Crippen molar-refractivity contribution in [2.75, 3.05) is 0 Å². The molecule has 24 heavy (non-hydrogen) atoms. The van der Waals surface area contributed by atoms with Gasteiger partial charge in [0.1, 0.15) is 5.60 Å². The van der Waals surface area contributed by atoms with E-state index in [2.05, 4.69) is 27.4 Å². The molecule has 2 unspecified atom stereocenters. The predicted molar refractivity (Wildman–Crippen MR) is 92.4 cm³/mol. The van der Waals surface area contributed by atoms with Crippen molar-refractivity contribution < 1.29 is 19.7 Å². The Bertz CT molecular complexity index is 570. The van der Waals surface area contributed by atoms with Crippen molar-refractivity contribution in [2.24, 2.45) is 22.7 Å². The molecule has 1 heterocycles. The predicted octanol–water partition coefficient (Wildman–Crippen LogP) is 2.86. The molecule has 4 nitrogen and oxygen atoms in total. The van der Waals surface area contributed by atoms with Gasteiger partial charge in [-0.15, -0.1) is 0 Å². The van der Waals surface area contributed by atoms with Crippen LogP contribution in [0.5, 0.6) is 0 Å². The van der Waals surface area contributed by atoms with Crippen LogP contribution in [0.4, 0.5) is 0 Å². The lowest BCUT2D eigenvalue weighted by Gasteiger charge is -2.66. The van der Waals surface area contributed by atoms with E-state index in [-0.39, 0.29) is 34.6 Å². The first-order valence-corrected chi connectivity index (χ1v) is 9.15. The van der Waals surface area contributed by atoms with Gasteiger partial charge in [0.25, 0.3) is 0 Å². The van der Waals surface area contributed by atoms with Crippen molar-refractivity contribution >= 4 is 5.78 Å². The van der Waals surface area contributed by atoms with Gasteiger partial charge in [-0.3, -0.25) is 4.79 Å². The van der Waals surface area contributed by atoms with Crippen molar-refractivity contribution in [3.63, 3.8) is 0 Å². The second-order valence-electron chi connectivity index (χ2n) is 9.46. The Hall–Kier alpha value is -0.710. The summed E-state index contributed by atoms with van der Waals surface area (Å²) in [6, 6.07) is 0. The first-order chi connectivity index (χ1) is 10.9. The van der Waals surface area contributed by atoms with Crippen LogP contribution in [0.15, 0.2) is 12.7 Å². The lowest BCUT2D eigenvalue weighted by Crippen LogP contribution is -2.70. The molecule has 3 aliphatic rings. The largest absolute Gasteiger partial charge is 0.393 e. The van der Waals surface area contributed by atoms with Crippen LogP contribution in [0.25, 0.3) is 0 Å². The summed E-state index contributed by atoms with van der Waals surface area (Å²) in [5, 5.41) is 21.5. The van der Waals surface area contributed by atoms with Gasteiger partial charge < -0.3 is 14.9 Å². The Kier molecular flexibility index (Phi) is 3.88. The molecule has 0 spiro atoms. The van der Waals surface area contributed by atoms with Crippen molar-refractivity contribution in [3.05, 3.63) is 12.7 Å². The van der Waals surface area contributed by atoms with Gasteiger partial charge in [-0.2, -0.15) is 0 Å². The van der Waals surface area contributed by atoms with E-state index >= 15 is 0 Å². The van der Waals surface area contributed by atoms with E-state index in [1.54, 1.807) is 13.0 Å². The summed E-state index contributed by atoms with van der Waals surface area (Å²) in [4.78, 5) is 12.8.